The molecular weight excluding hydrogens is 563 g/mol. The zero-order valence-corrected chi connectivity index (χ0v) is 21.1. The number of nitrogens with one attached hydrogen (secondary N) is 1. The number of nitrogens with zero attached hydrogens (tertiary/aromatic N) is 5. The fourth-order valence-corrected chi connectivity index (χ4v) is 4.68. The monoisotopic (exact) mass is 582 g/mol. The van der Waals surface area contributed by atoms with Crippen molar-refractivity contribution in [2.24, 2.45) is 5.11 Å². The van der Waals surface area contributed by atoms with Gasteiger partial charge in [-0.15, -0.1) is 0 Å². The van der Waals surface area contributed by atoms with Crippen molar-refractivity contribution in [3.63, 3.8) is 0 Å². The van der Waals surface area contributed by atoms with Gasteiger partial charge in [0.05, 0.1) is 11.2 Å². The fraction of sp³-hybridized carbons (Fsp3) is 0.0357. The van der Waals surface area contributed by atoms with E-state index < -0.39 is 0 Å². The molecule has 0 fully saturated rings. The van der Waals surface area contributed by atoms with E-state index >= 15 is 0 Å². The molecule has 0 atom stereocenters. The van der Waals surface area contributed by atoms with Crippen LogP contribution in [0.15, 0.2) is 103 Å². The molecule has 0 bridgehead atoms. The lowest BCUT2D eigenvalue weighted by atomic mass is 9.96. The number of pyridine rings is 2. The number of hydrogen-bond donors (Lipinski definition) is 1. The highest BCUT2D eigenvalue weighted by Crippen LogP contribution is 2.31. The van der Waals surface area contributed by atoms with E-state index in [0.717, 1.165) is 28.5 Å². The Balaban J connectivity index is 1.47. The largest absolute Gasteiger partial charge is 0.322 e. The van der Waals surface area contributed by atoms with Crippen LogP contribution >= 0.6 is 22.6 Å². The van der Waals surface area contributed by atoms with E-state index in [4.69, 9.17) is 5.53 Å². The van der Waals surface area contributed by atoms with Gasteiger partial charge in [-0.3, -0.25) is 14.8 Å². The molecule has 1 amide bonds. The highest BCUT2D eigenvalue weighted by Gasteiger charge is 2.12. The van der Waals surface area contributed by atoms with Crippen LogP contribution in [0.4, 0.5) is 11.4 Å². The van der Waals surface area contributed by atoms with E-state index in [1.165, 1.54) is 11.1 Å². The summed E-state index contributed by atoms with van der Waals surface area (Å²) < 4.78 is 0.704. The highest BCUT2D eigenvalue weighted by molar-refractivity contribution is 14.1. The van der Waals surface area contributed by atoms with Gasteiger partial charge in [0.25, 0.3) is 5.91 Å². The van der Waals surface area contributed by atoms with Crippen LogP contribution in [-0.4, -0.2) is 15.9 Å². The van der Waals surface area contributed by atoms with Gasteiger partial charge in [-0.05, 0) is 106 Å². The Kier molecular flexibility index (Phi) is 6.88. The van der Waals surface area contributed by atoms with Crippen LogP contribution in [-0.2, 0) is 6.42 Å². The van der Waals surface area contributed by atoms with Gasteiger partial charge < -0.3 is 5.32 Å². The summed E-state index contributed by atoms with van der Waals surface area (Å²) in [5.41, 5.74) is 15.5. The SMILES string of the molecule is [N-]=[N+]=Nc1ccc(C(=O)Nc2cccc(-c3cc(Cc4ccncc4)cc4cccnc34)c2)cc1I. The molecule has 8 heteroatoms. The maximum absolute atomic E-state index is 12.9. The summed E-state index contributed by atoms with van der Waals surface area (Å²) in [6.45, 7) is 0. The van der Waals surface area contributed by atoms with E-state index in [2.05, 4.69) is 66.1 Å². The first-order valence-corrected chi connectivity index (χ1v) is 12.2. The van der Waals surface area contributed by atoms with E-state index in [1.807, 2.05) is 42.5 Å². The first-order valence-electron chi connectivity index (χ1n) is 11.1. The van der Waals surface area contributed by atoms with Gasteiger partial charge in [0.2, 0.25) is 0 Å². The number of aromatic nitrogens is 2. The second-order valence-electron chi connectivity index (χ2n) is 8.14. The quantitative estimate of drug-likeness (QED) is 0.0961. The zero-order valence-electron chi connectivity index (χ0n) is 19.0. The van der Waals surface area contributed by atoms with Crippen molar-refractivity contribution in [2.75, 3.05) is 5.32 Å². The Morgan fingerprint density at radius 2 is 1.81 bits per heavy atom. The summed E-state index contributed by atoms with van der Waals surface area (Å²) in [5, 5.41) is 7.66. The molecule has 1 N–H and O–H groups in total. The van der Waals surface area contributed by atoms with Crippen molar-refractivity contribution in [3.8, 4) is 11.1 Å². The van der Waals surface area contributed by atoms with Crippen LogP contribution in [0.3, 0.4) is 0 Å². The minimum atomic E-state index is -0.244. The zero-order chi connectivity index (χ0) is 24.9. The van der Waals surface area contributed by atoms with Gasteiger partial charge in [0.1, 0.15) is 0 Å². The number of carbonyl (C=O) groups is 1. The molecule has 3 aromatic carbocycles. The van der Waals surface area contributed by atoms with Gasteiger partial charge in [0.15, 0.2) is 0 Å². The van der Waals surface area contributed by atoms with Gasteiger partial charge in [-0.1, -0.05) is 29.4 Å². The number of halogens is 1. The molecule has 174 valence electrons. The third-order valence-corrected chi connectivity index (χ3v) is 6.58. The Morgan fingerprint density at radius 3 is 2.61 bits per heavy atom. The first-order chi connectivity index (χ1) is 17.6. The standard InChI is InChI=1S/C28H19IN6O/c29-25-17-22(6-7-26(25)34-35-30)28(36)33-23-5-1-3-20(16-23)24-15-19(13-18-8-11-31-12-9-18)14-21-4-2-10-32-27(21)24/h1-12,14-17H,13H2,(H,33,36). The maximum atomic E-state index is 12.9. The Labute approximate surface area is 221 Å². The molecule has 5 aromatic rings. The van der Waals surface area contributed by atoms with Crippen molar-refractivity contribution >= 4 is 50.8 Å². The van der Waals surface area contributed by atoms with E-state index in [1.54, 1.807) is 36.8 Å². The van der Waals surface area contributed by atoms with Gasteiger partial charge in [-0.25, -0.2) is 0 Å². The summed E-state index contributed by atoms with van der Waals surface area (Å²) in [4.78, 5) is 24.5. The van der Waals surface area contributed by atoms with Crippen molar-refractivity contribution in [1.29, 1.82) is 0 Å². The highest BCUT2D eigenvalue weighted by atomic mass is 127. The summed E-state index contributed by atoms with van der Waals surface area (Å²) in [6, 6.07) is 25.1. The molecule has 0 aliphatic heterocycles. The Hall–Kier alpha value is -4.27. The van der Waals surface area contributed by atoms with E-state index in [0.29, 0.717) is 20.5 Å². The minimum absolute atomic E-state index is 0.244. The molecule has 0 aliphatic rings. The molecular formula is C28H19IN6O. The molecule has 2 heterocycles. The van der Waals surface area contributed by atoms with Crippen LogP contribution in [0.5, 0.6) is 0 Å². The Bertz CT molecular complexity index is 1630. The summed E-state index contributed by atoms with van der Waals surface area (Å²) >= 11 is 2.05. The molecule has 0 spiro atoms. The van der Waals surface area contributed by atoms with Crippen LogP contribution in [0.25, 0.3) is 32.5 Å². The summed E-state index contributed by atoms with van der Waals surface area (Å²) in [6.07, 6.45) is 6.18. The number of amides is 1. The second-order valence-corrected chi connectivity index (χ2v) is 9.30. The summed E-state index contributed by atoms with van der Waals surface area (Å²) in [5.74, 6) is -0.244. The number of benzene rings is 3. The molecule has 0 aliphatic carbocycles. The van der Waals surface area contributed by atoms with Crippen molar-refractivity contribution in [2.45, 2.75) is 6.42 Å². The first kappa shape index (κ1) is 23.5. The molecule has 0 unspecified atom stereocenters. The van der Waals surface area contributed by atoms with Crippen molar-refractivity contribution in [1.82, 2.24) is 9.97 Å². The maximum Gasteiger partial charge on any atom is 0.255 e. The van der Waals surface area contributed by atoms with Crippen molar-refractivity contribution < 1.29 is 4.79 Å². The predicted octanol–water partition coefficient (Wildman–Crippen LogP) is 7.69. The molecule has 5 rings (SSSR count). The lowest BCUT2D eigenvalue weighted by Gasteiger charge is -2.12. The third-order valence-electron chi connectivity index (χ3n) is 5.72. The number of hydrogen-bond acceptors (Lipinski definition) is 4. The van der Waals surface area contributed by atoms with E-state index in [9.17, 15) is 4.79 Å². The van der Waals surface area contributed by atoms with E-state index in [-0.39, 0.29) is 5.91 Å². The number of anilines is 1. The van der Waals surface area contributed by atoms with Gasteiger partial charge in [-0.2, -0.15) is 0 Å². The lowest BCUT2D eigenvalue weighted by Crippen LogP contribution is -2.12. The normalized spacial score (nSPS) is 10.6. The van der Waals surface area contributed by atoms with Crippen LogP contribution in [0, 0.1) is 3.57 Å². The number of fused-ring (bicyclic) bond motifs is 1. The molecule has 2 aromatic heterocycles. The second kappa shape index (κ2) is 10.6. The molecule has 7 nitrogen and oxygen atoms in total. The predicted molar refractivity (Wildman–Crippen MR) is 150 cm³/mol. The molecule has 36 heavy (non-hydrogen) atoms. The average Bonchev–Trinajstić information content (AvgIpc) is 2.90. The van der Waals surface area contributed by atoms with Crippen LogP contribution < -0.4 is 5.32 Å². The van der Waals surface area contributed by atoms with Crippen molar-refractivity contribution in [3.05, 3.63) is 128 Å². The van der Waals surface area contributed by atoms with Gasteiger partial charge >= 0.3 is 0 Å². The smallest absolute Gasteiger partial charge is 0.255 e. The Morgan fingerprint density at radius 1 is 0.944 bits per heavy atom. The summed E-state index contributed by atoms with van der Waals surface area (Å²) in [7, 11) is 0. The third kappa shape index (κ3) is 5.19. The lowest BCUT2D eigenvalue weighted by molar-refractivity contribution is 0.102. The number of carbonyl (C=O) groups excluding carboxylic acids is 1. The molecule has 0 saturated carbocycles. The molecule has 0 saturated heterocycles. The topological polar surface area (TPSA) is 104 Å². The number of rotatable bonds is 6. The minimum Gasteiger partial charge on any atom is -0.322 e. The molecule has 0 radical (unpaired) electrons. The number of azide groups is 1. The van der Waals surface area contributed by atoms with Gasteiger partial charge in [0, 0.05) is 49.3 Å². The van der Waals surface area contributed by atoms with Crippen LogP contribution in [0.2, 0.25) is 0 Å². The fourth-order valence-electron chi connectivity index (χ4n) is 4.06. The average molecular weight is 582 g/mol. The van der Waals surface area contributed by atoms with Crippen LogP contribution in [0.1, 0.15) is 21.5 Å².